The molecule has 2 atom stereocenters. The van der Waals surface area contributed by atoms with Gasteiger partial charge in [0, 0.05) is 5.88 Å². The van der Waals surface area contributed by atoms with Gasteiger partial charge in [-0.2, -0.15) is 5.26 Å². The molecule has 0 amide bonds. The van der Waals surface area contributed by atoms with Crippen molar-refractivity contribution >= 4 is 11.6 Å². The van der Waals surface area contributed by atoms with Gasteiger partial charge in [0.2, 0.25) is 0 Å². The molecule has 4 heteroatoms. The summed E-state index contributed by atoms with van der Waals surface area (Å²) in [5.74, 6) is 2.01. The van der Waals surface area contributed by atoms with E-state index in [0.29, 0.717) is 24.7 Å². The van der Waals surface area contributed by atoms with E-state index < -0.39 is 5.41 Å². The number of benzene rings is 1. The van der Waals surface area contributed by atoms with E-state index in [1.54, 1.807) is 0 Å². The average molecular weight is 266 g/mol. The smallest absolute Gasteiger partial charge is 0.161 e. The predicted molar refractivity (Wildman–Crippen MR) is 70.0 cm³/mol. The minimum atomic E-state index is -0.567. The Morgan fingerprint density at radius 3 is 2.83 bits per heavy atom. The molecule has 0 spiro atoms. The number of para-hydroxylation sites is 2. The number of alkyl halides is 1. The molecule has 1 aromatic carbocycles. The van der Waals surface area contributed by atoms with Crippen molar-refractivity contribution in [2.45, 2.75) is 25.9 Å². The summed E-state index contributed by atoms with van der Waals surface area (Å²) in [4.78, 5) is 0. The zero-order valence-electron chi connectivity index (χ0n) is 10.4. The zero-order valence-corrected chi connectivity index (χ0v) is 11.1. The summed E-state index contributed by atoms with van der Waals surface area (Å²) in [6.07, 6.45) is 1.26. The molecule has 0 saturated carbocycles. The summed E-state index contributed by atoms with van der Waals surface area (Å²) < 4.78 is 11.5. The molecule has 96 valence electrons. The maximum absolute atomic E-state index is 9.38. The van der Waals surface area contributed by atoms with Crippen molar-refractivity contribution in [2.24, 2.45) is 5.41 Å². The second-order valence-corrected chi connectivity index (χ2v) is 5.06. The molecule has 18 heavy (non-hydrogen) atoms. The van der Waals surface area contributed by atoms with Crippen LogP contribution in [-0.2, 0) is 0 Å². The molecule has 3 nitrogen and oxygen atoms in total. The quantitative estimate of drug-likeness (QED) is 0.784. The highest BCUT2D eigenvalue weighted by atomic mass is 35.5. The molecule has 0 N–H and O–H groups in total. The Labute approximate surface area is 112 Å². The second kappa shape index (κ2) is 5.49. The number of hydrogen-bond donors (Lipinski definition) is 0. The molecule has 0 aromatic heterocycles. The Bertz CT molecular complexity index is 457. The van der Waals surface area contributed by atoms with E-state index in [2.05, 4.69) is 6.07 Å². The fourth-order valence-electron chi connectivity index (χ4n) is 2.06. The molecule has 2 unspecified atom stereocenters. The third-order valence-electron chi connectivity index (χ3n) is 3.30. The standard InChI is InChI=1S/C14H16ClNO2/c1-14(10-16,7-4-8-15)13-9-17-11-5-2-3-6-12(11)18-13/h2-3,5-6,13H,4,7-9H2,1H3. The molecular formula is C14H16ClNO2. The van der Waals surface area contributed by atoms with Gasteiger partial charge < -0.3 is 9.47 Å². The van der Waals surface area contributed by atoms with Gasteiger partial charge in [0.05, 0.1) is 11.5 Å². The molecule has 0 radical (unpaired) electrons. The van der Waals surface area contributed by atoms with Gasteiger partial charge in [-0.3, -0.25) is 0 Å². The lowest BCUT2D eigenvalue weighted by Crippen LogP contribution is -2.42. The summed E-state index contributed by atoms with van der Waals surface area (Å²) in [5, 5.41) is 9.38. The van der Waals surface area contributed by atoms with Crippen molar-refractivity contribution in [2.75, 3.05) is 12.5 Å². The zero-order chi connectivity index (χ0) is 13.0. The topological polar surface area (TPSA) is 42.2 Å². The van der Waals surface area contributed by atoms with Gasteiger partial charge in [0.25, 0.3) is 0 Å². The third-order valence-corrected chi connectivity index (χ3v) is 3.57. The lowest BCUT2D eigenvalue weighted by atomic mass is 9.81. The van der Waals surface area contributed by atoms with Crippen molar-refractivity contribution < 1.29 is 9.47 Å². The van der Waals surface area contributed by atoms with Crippen LogP contribution >= 0.6 is 11.6 Å². The molecule has 1 heterocycles. The van der Waals surface area contributed by atoms with Gasteiger partial charge in [-0.05, 0) is 31.9 Å². The Morgan fingerprint density at radius 1 is 1.44 bits per heavy atom. The molecule has 0 fully saturated rings. The first-order valence-corrected chi connectivity index (χ1v) is 6.59. The van der Waals surface area contributed by atoms with Crippen molar-refractivity contribution in [1.29, 1.82) is 5.26 Å². The number of hydrogen-bond acceptors (Lipinski definition) is 3. The maximum atomic E-state index is 9.38. The molecule has 0 bridgehead atoms. The van der Waals surface area contributed by atoms with Crippen LogP contribution in [0.25, 0.3) is 0 Å². The first-order chi connectivity index (χ1) is 8.69. The predicted octanol–water partition coefficient (Wildman–Crippen LogP) is 3.38. The molecule has 0 saturated heterocycles. The van der Waals surface area contributed by atoms with Crippen LogP contribution in [0.5, 0.6) is 11.5 Å². The van der Waals surface area contributed by atoms with Crippen molar-refractivity contribution in [3.63, 3.8) is 0 Å². The summed E-state index contributed by atoms with van der Waals surface area (Å²) in [5.41, 5.74) is -0.567. The van der Waals surface area contributed by atoms with Crippen molar-refractivity contribution in [3.05, 3.63) is 24.3 Å². The number of ether oxygens (including phenoxy) is 2. The van der Waals surface area contributed by atoms with Gasteiger partial charge in [0.1, 0.15) is 6.61 Å². The minimum absolute atomic E-state index is 0.249. The average Bonchev–Trinajstić information content (AvgIpc) is 2.44. The van der Waals surface area contributed by atoms with E-state index in [9.17, 15) is 5.26 Å². The normalized spacial score (nSPS) is 20.8. The van der Waals surface area contributed by atoms with E-state index in [-0.39, 0.29) is 6.10 Å². The Morgan fingerprint density at radius 2 is 2.17 bits per heavy atom. The van der Waals surface area contributed by atoms with Crippen LogP contribution in [0.4, 0.5) is 0 Å². The minimum Gasteiger partial charge on any atom is -0.486 e. The van der Waals surface area contributed by atoms with Gasteiger partial charge in [-0.25, -0.2) is 0 Å². The summed E-state index contributed by atoms with van der Waals surface area (Å²) in [6, 6.07) is 9.88. The molecule has 0 aliphatic carbocycles. The molecule has 1 aliphatic rings. The third kappa shape index (κ3) is 2.54. The van der Waals surface area contributed by atoms with Crippen LogP contribution in [0.1, 0.15) is 19.8 Å². The lowest BCUT2D eigenvalue weighted by molar-refractivity contribution is 0.0209. The fraction of sp³-hybridized carbons (Fsp3) is 0.500. The van der Waals surface area contributed by atoms with Crippen molar-refractivity contribution in [3.8, 4) is 17.6 Å². The Hall–Kier alpha value is -1.40. The number of fused-ring (bicyclic) bond motifs is 1. The Kier molecular flexibility index (Phi) is 3.98. The van der Waals surface area contributed by atoms with Crippen LogP contribution in [0, 0.1) is 16.7 Å². The molecule has 2 rings (SSSR count). The van der Waals surface area contributed by atoms with E-state index in [1.165, 1.54) is 0 Å². The highest BCUT2D eigenvalue weighted by Gasteiger charge is 2.39. The van der Waals surface area contributed by atoms with Gasteiger partial charge in [0.15, 0.2) is 17.6 Å². The van der Waals surface area contributed by atoms with Crippen LogP contribution in [0.2, 0.25) is 0 Å². The molecule has 1 aromatic rings. The highest BCUT2D eigenvalue weighted by Crippen LogP contribution is 2.38. The number of rotatable bonds is 4. The van der Waals surface area contributed by atoms with E-state index in [1.807, 2.05) is 31.2 Å². The van der Waals surface area contributed by atoms with Gasteiger partial charge >= 0.3 is 0 Å². The van der Waals surface area contributed by atoms with Gasteiger partial charge in [-0.1, -0.05) is 12.1 Å². The number of nitriles is 1. The van der Waals surface area contributed by atoms with Gasteiger partial charge in [-0.15, -0.1) is 11.6 Å². The number of halogens is 1. The highest BCUT2D eigenvalue weighted by molar-refractivity contribution is 6.17. The number of nitrogens with zero attached hydrogens (tertiary/aromatic N) is 1. The van der Waals surface area contributed by atoms with Crippen LogP contribution < -0.4 is 9.47 Å². The van der Waals surface area contributed by atoms with E-state index >= 15 is 0 Å². The van der Waals surface area contributed by atoms with E-state index in [0.717, 1.165) is 12.2 Å². The monoisotopic (exact) mass is 265 g/mol. The Balaban J connectivity index is 2.14. The van der Waals surface area contributed by atoms with Crippen molar-refractivity contribution in [1.82, 2.24) is 0 Å². The summed E-state index contributed by atoms with van der Waals surface area (Å²) in [6.45, 7) is 2.31. The molecule has 1 aliphatic heterocycles. The van der Waals surface area contributed by atoms with Crippen LogP contribution in [-0.4, -0.2) is 18.6 Å². The summed E-state index contributed by atoms with van der Waals surface area (Å²) >= 11 is 5.70. The fourth-order valence-corrected chi connectivity index (χ4v) is 2.19. The first-order valence-electron chi connectivity index (χ1n) is 6.05. The first kappa shape index (κ1) is 13.0. The van der Waals surface area contributed by atoms with Crippen LogP contribution in [0.15, 0.2) is 24.3 Å². The maximum Gasteiger partial charge on any atom is 0.161 e. The second-order valence-electron chi connectivity index (χ2n) is 4.69. The largest absolute Gasteiger partial charge is 0.486 e. The SMILES string of the molecule is CC(C#N)(CCCCl)C1COc2ccccc2O1. The van der Waals surface area contributed by atoms with Crippen LogP contribution in [0.3, 0.4) is 0 Å². The lowest BCUT2D eigenvalue weighted by Gasteiger charge is -2.35. The van der Waals surface area contributed by atoms with E-state index in [4.69, 9.17) is 21.1 Å². The molecular weight excluding hydrogens is 250 g/mol. The summed E-state index contributed by atoms with van der Waals surface area (Å²) in [7, 11) is 0.